The molecule has 1 nitrogen and oxygen atoms in total. The van der Waals surface area contributed by atoms with E-state index >= 15 is 0 Å². The molecular weight excluding hydrogens is 160 g/mol. The van der Waals surface area contributed by atoms with Crippen molar-refractivity contribution in [2.45, 2.75) is 13.3 Å². The minimum absolute atomic E-state index is 0.676. The predicted molar refractivity (Wildman–Crippen MR) is 47.7 cm³/mol. The van der Waals surface area contributed by atoms with E-state index in [9.17, 15) is 0 Å². The fraction of sp³-hybridized carbons (Fsp3) is 0.333. The standard InChI is InChI=1S/C9H11ClO/c1-8(3-2-5-10)9-4-6-11-7-9/h3-4,6-7H,2,5H2,1H3. The van der Waals surface area contributed by atoms with Gasteiger partial charge in [-0.15, -0.1) is 11.6 Å². The van der Waals surface area contributed by atoms with Crippen LogP contribution in [0.25, 0.3) is 5.57 Å². The molecule has 1 aromatic heterocycles. The summed E-state index contributed by atoms with van der Waals surface area (Å²) in [6.45, 7) is 2.05. The molecule has 0 spiro atoms. The van der Waals surface area contributed by atoms with Crippen LogP contribution in [0.5, 0.6) is 0 Å². The van der Waals surface area contributed by atoms with Gasteiger partial charge in [-0.3, -0.25) is 0 Å². The van der Waals surface area contributed by atoms with Crippen LogP contribution in [0.4, 0.5) is 0 Å². The zero-order chi connectivity index (χ0) is 8.10. The van der Waals surface area contributed by atoms with E-state index in [1.165, 1.54) is 5.57 Å². The first-order valence-electron chi connectivity index (χ1n) is 3.60. The molecular formula is C9H11ClO. The molecule has 0 bridgehead atoms. The van der Waals surface area contributed by atoms with Crippen molar-refractivity contribution in [3.8, 4) is 0 Å². The Morgan fingerprint density at radius 3 is 3.09 bits per heavy atom. The van der Waals surface area contributed by atoms with Gasteiger partial charge in [0.05, 0.1) is 12.5 Å². The van der Waals surface area contributed by atoms with E-state index in [-0.39, 0.29) is 0 Å². The third-order valence-corrected chi connectivity index (χ3v) is 1.75. The molecule has 0 unspecified atom stereocenters. The van der Waals surface area contributed by atoms with Gasteiger partial charge in [-0.05, 0) is 25.0 Å². The Balaban J connectivity index is 2.62. The highest BCUT2D eigenvalue weighted by Crippen LogP contribution is 2.14. The summed E-state index contributed by atoms with van der Waals surface area (Å²) < 4.78 is 4.94. The maximum Gasteiger partial charge on any atom is 0.0977 e. The minimum atomic E-state index is 0.676. The summed E-state index contributed by atoms with van der Waals surface area (Å²) in [6.07, 6.45) is 6.43. The first kappa shape index (κ1) is 8.41. The number of allylic oxidation sites excluding steroid dienone is 2. The van der Waals surface area contributed by atoms with Crippen molar-refractivity contribution in [3.63, 3.8) is 0 Å². The average molecular weight is 171 g/mol. The van der Waals surface area contributed by atoms with Crippen molar-refractivity contribution < 1.29 is 4.42 Å². The molecule has 0 saturated carbocycles. The Kier molecular flexibility index (Phi) is 3.24. The van der Waals surface area contributed by atoms with Gasteiger partial charge in [-0.25, -0.2) is 0 Å². The lowest BCUT2D eigenvalue weighted by Crippen LogP contribution is -1.74. The van der Waals surface area contributed by atoms with Gasteiger partial charge in [0.2, 0.25) is 0 Å². The number of hydrogen-bond donors (Lipinski definition) is 0. The van der Waals surface area contributed by atoms with E-state index < -0.39 is 0 Å². The van der Waals surface area contributed by atoms with E-state index in [2.05, 4.69) is 13.0 Å². The third kappa shape index (κ3) is 2.43. The zero-order valence-electron chi connectivity index (χ0n) is 6.51. The molecule has 0 aliphatic heterocycles. The fourth-order valence-corrected chi connectivity index (χ4v) is 0.987. The second-order valence-corrected chi connectivity index (χ2v) is 2.75. The smallest absolute Gasteiger partial charge is 0.0977 e. The minimum Gasteiger partial charge on any atom is -0.472 e. The van der Waals surface area contributed by atoms with Gasteiger partial charge in [0.15, 0.2) is 0 Å². The van der Waals surface area contributed by atoms with Crippen molar-refractivity contribution in [1.29, 1.82) is 0 Å². The van der Waals surface area contributed by atoms with Crippen LogP contribution in [-0.2, 0) is 0 Å². The van der Waals surface area contributed by atoms with E-state index in [1.807, 2.05) is 6.07 Å². The second-order valence-electron chi connectivity index (χ2n) is 2.38. The molecule has 2 heteroatoms. The maximum atomic E-state index is 5.54. The van der Waals surface area contributed by atoms with E-state index in [1.54, 1.807) is 12.5 Å². The Hall–Kier alpha value is -0.690. The number of hydrogen-bond acceptors (Lipinski definition) is 1. The number of furan rings is 1. The molecule has 60 valence electrons. The van der Waals surface area contributed by atoms with Gasteiger partial charge in [0, 0.05) is 11.4 Å². The zero-order valence-corrected chi connectivity index (χ0v) is 7.27. The van der Waals surface area contributed by atoms with E-state index in [4.69, 9.17) is 16.0 Å². The van der Waals surface area contributed by atoms with Gasteiger partial charge in [-0.1, -0.05) is 6.08 Å². The number of rotatable bonds is 3. The van der Waals surface area contributed by atoms with Crippen molar-refractivity contribution in [2.75, 3.05) is 5.88 Å². The van der Waals surface area contributed by atoms with Crippen molar-refractivity contribution in [1.82, 2.24) is 0 Å². The molecule has 0 aliphatic carbocycles. The third-order valence-electron chi connectivity index (χ3n) is 1.54. The van der Waals surface area contributed by atoms with E-state index in [0.29, 0.717) is 5.88 Å². The SMILES string of the molecule is CC(=CCCCl)c1ccoc1. The predicted octanol–water partition coefficient (Wildman–Crippen LogP) is 3.31. The molecule has 1 rings (SSSR count). The molecule has 0 radical (unpaired) electrons. The van der Waals surface area contributed by atoms with Crippen LogP contribution < -0.4 is 0 Å². The van der Waals surface area contributed by atoms with Gasteiger partial charge in [0.25, 0.3) is 0 Å². The molecule has 0 fully saturated rings. The van der Waals surface area contributed by atoms with Crippen LogP contribution in [-0.4, -0.2) is 5.88 Å². The lowest BCUT2D eigenvalue weighted by molar-refractivity contribution is 0.566. The molecule has 0 aromatic carbocycles. The largest absolute Gasteiger partial charge is 0.472 e. The second kappa shape index (κ2) is 4.24. The highest BCUT2D eigenvalue weighted by molar-refractivity contribution is 6.17. The first-order valence-corrected chi connectivity index (χ1v) is 4.13. The summed E-state index contributed by atoms with van der Waals surface area (Å²) in [7, 11) is 0. The van der Waals surface area contributed by atoms with E-state index in [0.717, 1.165) is 12.0 Å². The van der Waals surface area contributed by atoms with Gasteiger partial charge in [0.1, 0.15) is 0 Å². The molecule has 0 amide bonds. The number of halogens is 1. The van der Waals surface area contributed by atoms with Crippen molar-refractivity contribution in [2.24, 2.45) is 0 Å². The molecule has 0 N–H and O–H groups in total. The Bertz CT molecular complexity index is 224. The first-order chi connectivity index (χ1) is 5.34. The summed E-state index contributed by atoms with van der Waals surface area (Å²) in [4.78, 5) is 0. The van der Waals surface area contributed by atoms with Crippen LogP contribution in [0, 0.1) is 0 Å². The fourth-order valence-electron chi connectivity index (χ4n) is 0.878. The normalized spacial score (nSPS) is 12.0. The summed E-state index contributed by atoms with van der Waals surface area (Å²) >= 11 is 5.54. The van der Waals surface area contributed by atoms with Crippen molar-refractivity contribution in [3.05, 3.63) is 30.2 Å². The maximum absolute atomic E-state index is 5.54. The molecule has 0 atom stereocenters. The lowest BCUT2D eigenvalue weighted by atomic mass is 10.1. The number of alkyl halides is 1. The molecule has 11 heavy (non-hydrogen) atoms. The summed E-state index contributed by atoms with van der Waals surface area (Å²) in [5.74, 6) is 0.676. The summed E-state index contributed by atoms with van der Waals surface area (Å²) in [5, 5.41) is 0. The summed E-state index contributed by atoms with van der Waals surface area (Å²) in [6, 6.07) is 1.94. The van der Waals surface area contributed by atoms with Crippen LogP contribution in [0.2, 0.25) is 0 Å². The van der Waals surface area contributed by atoms with Crippen molar-refractivity contribution >= 4 is 17.2 Å². The van der Waals surface area contributed by atoms with Crippen LogP contribution in [0.3, 0.4) is 0 Å². The molecule has 0 saturated heterocycles. The highest BCUT2D eigenvalue weighted by Gasteiger charge is 1.94. The average Bonchev–Trinajstić information content (AvgIpc) is 2.52. The molecule has 1 aromatic rings. The van der Waals surface area contributed by atoms with Crippen LogP contribution >= 0.6 is 11.6 Å². The monoisotopic (exact) mass is 170 g/mol. The molecule has 1 heterocycles. The Morgan fingerprint density at radius 2 is 2.55 bits per heavy atom. The van der Waals surface area contributed by atoms with Crippen LogP contribution in [0.15, 0.2) is 29.1 Å². The molecule has 0 aliphatic rings. The quantitative estimate of drug-likeness (QED) is 0.635. The van der Waals surface area contributed by atoms with Gasteiger partial charge >= 0.3 is 0 Å². The topological polar surface area (TPSA) is 13.1 Å². The van der Waals surface area contributed by atoms with Crippen LogP contribution in [0.1, 0.15) is 18.9 Å². The Labute approximate surface area is 71.7 Å². The van der Waals surface area contributed by atoms with Gasteiger partial charge in [-0.2, -0.15) is 0 Å². The summed E-state index contributed by atoms with van der Waals surface area (Å²) in [5.41, 5.74) is 2.36. The van der Waals surface area contributed by atoms with Gasteiger partial charge < -0.3 is 4.42 Å². The Morgan fingerprint density at radius 1 is 1.73 bits per heavy atom. The highest BCUT2D eigenvalue weighted by atomic mass is 35.5. The lowest BCUT2D eigenvalue weighted by Gasteiger charge is -1.93.